The van der Waals surface area contributed by atoms with Crippen molar-refractivity contribution in [3.63, 3.8) is 0 Å². The second-order valence-corrected chi connectivity index (χ2v) is 6.71. The molecule has 1 heterocycles. The van der Waals surface area contributed by atoms with Crippen LogP contribution in [-0.2, 0) is 4.79 Å². The summed E-state index contributed by atoms with van der Waals surface area (Å²) in [6.45, 7) is 3.67. The summed E-state index contributed by atoms with van der Waals surface area (Å²) in [6.07, 6.45) is 1.35. The first kappa shape index (κ1) is 17.9. The highest BCUT2D eigenvalue weighted by atomic mass is 32.2. The fourth-order valence-electron chi connectivity index (χ4n) is 2.51. The van der Waals surface area contributed by atoms with Crippen molar-refractivity contribution in [3.8, 4) is 0 Å². The molecular formula is C12H19F3N2O3S. The minimum absolute atomic E-state index is 0.160. The van der Waals surface area contributed by atoms with E-state index in [1.54, 1.807) is 13.8 Å². The summed E-state index contributed by atoms with van der Waals surface area (Å²) >= 11 is -0.220. The number of alkyl halides is 3. The third-order valence-electron chi connectivity index (χ3n) is 3.41. The van der Waals surface area contributed by atoms with E-state index in [1.807, 2.05) is 0 Å². The second-order valence-electron chi connectivity index (χ2n) is 5.55. The van der Waals surface area contributed by atoms with E-state index >= 15 is 0 Å². The van der Waals surface area contributed by atoms with Crippen LogP contribution in [0.2, 0.25) is 0 Å². The zero-order valence-corrected chi connectivity index (χ0v) is 12.7. The number of piperidine rings is 1. The normalized spacial score (nSPS) is 22.0. The Morgan fingerprint density at radius 2 is 2.05 bits per heavy atom. The van der Waals surface area contributed by atoms with E-state index in [0.29, 0.717) is 19.4 Å². The monoisotopic (exact) mass is 328 g/mol. The average Bonchev–Trinajstić information content (AvgIpc) is 2.31. The molecule has 1 aliphatic rings. The van der Waals surface area contributed by atoms with Gasteiger partial charge in [-0.05, 0) is 30.0 Å². The zero-order valence-electron chi connectivity index (χ0n) is 11.9. The van der Waals surface area contributed by atoms with Crippen molar-refractivity contribution in [3.05, 3.63) is 0 Å². The van der Waals surface area contributed by atoms with Gasteiger partial charge in [0.1, 0.15) is 6.04 Å². The molecule has 1 fully saturated rings. The van der Waals surface area contributed by atoms with Gasteiger partial charge in [-0.1, -0.05) is 13.8 Å². The Morgan fingerprint density at radius 1 is 1.43 bits per heavy atom. The number of carboxylic acids is 1. The number of amides is 2. The summed E-state index contributed by atoms with van der Waals surface area (Å²) < 4.78 is 35.9. The molecule has 2 N–H and O–H groups in total. The van der Waals surface area contributed by atoms with Gasteiger partial charge in [0.05, 0.1) is 0 Å². The molecule has 21 heavy (non-hydrogen) atoms. The first-order valence-corrected chi connectivity index (χ1v) is 7.51. The third kappa shape index (κ3) is 5.29. The molecule has 0 aliphatic carbocycles. The number of urea groups is 1. The van der Waals surface area contributed by atoms with Crippen molar-refractivity contribution in [2.45, 2.75) is 38.2 Å². The Kier molecular flexibility index (Phi) is 5.77. The molecule has 0 aromatic rings. The predicted octanol–water partition coefficient (Wildman–Crippen LogP) is 2.52. The van der Waals surface area contributed by atoms with Crippen LogP contribution in [0.1, 0.15) is 26.7 Å². The lowest BCUT2D eigenvalue weighted by Gasteiger charge is -2.43. The Balaban J connectivity index is 2.57. The van der Waals surface area contributed by atoms with Crippen molar-refractivity contribution in [1.82, 2.24) is 10.2 Å². The van der Waals surface area contributed by atoms with Gasteiger partial charge in [0.25, 0.3) is 0 Å². The highest BCUT2D eigenvalue weighted by molar-refractivity contribution is 8.00. The molecule has 1 atom stereocenters. The summed E-state index contributed by atoms with van der Waals surface area (Å²) in [5, 5.41) is 11.6. The van der Waals surface area contributed by atoms with E-state index < -0.39 is 29.0 Å². The highest BCUT2D eigenvalue weighted by Crippen LogP contribution is 2.35. The largest absolute Gasteiger partial charge is 0.480 e. The number of likely N-dealkylation sites (tertiary alicyclic amines) is 1. The molecule has 1 saturated heterocycles. The van der Waals surface area contributed by atoms with Gasteiger partial charge in [-0.15, -0.1) is 0 Å². The zero-order chi connectivity index (χ0) is 16.3. The van der Waals surface area contributed by atoms with Gasteiger partial charge in [0, 0.05) is 18.8 Å². The van der Waals surface area contributed by atoms with E-state index in [0.717, 1.165) is 0 Å². The fourth-order valence-corrected chi connectivity index (χ4v) is 2.94. The minimum Gasteiger partial charge on any atom is -0.480 e. The van der Waals surface area contributed by atoms with Crippen LogP contribution in [0, 0.1) is 5.41 Å². The summed E-state index contributed by atoms with van der Waals surface area (Å²) in [5.41, 5.74) is -4.90. The van der Waals surface area contributed by atoms with Gasteiger partial charge in [0.2, 0.25) is 0 Å². The summed E-state index contributed by atoms with van der Waals surface area (Å²) in [4.78, 5) is 24.6. The molecule has 1 unspecified atom stereocenters. The van der Waals surface area contributed by atoms with Crippen LogP contribution in [0.25, 0.3) is 0 Å². The predicted molar refractivity (Wildman–Crippen MR) is 73.1 cm³/mol. The molecule has 0 bridgehead atoms. The van der Waals surface area contributed by atoms with E-state index in [1.165, 1.54) is 4.90 Å². The van der Waals surface area contributed by atoms with Crippen LogP contribution in [0.15, 0.2) is 0 Å². The molecule has 122 valence electrons. The Hall–Kier alpha value is -1.12. The molecule has 5 nitrogen and oxygen atoms in total. The number of hydrogen-bond acceptors (Lipinski definition) is 3. The lowest BCUT2D eigenvalue weighted by molar-refractivity contribution is -0.148. The molecule has 0 spiro atoms. The topological polar surface area (TPSA) is 69.6 Å². The molecule has 0 radical (unpaired) electrons. The standard InChI is InChI=1S/C12H19F3N2O3S/c1-11(2)4-3-6-17(8(11)9(18)19)10(20)16-5-7-21-12(13,14)15/h8H,3-7H2,1-2H3,(H,16,20)(H,18,19). The van der Waals surface area contributed by atoms with Gasteiger partial charge >= 0.3 is 17.5 Å². The summed E-state index contributed by atoms with van der Waals surface area (Å²) in [5.74, 6) is -1.40. The fraction of sp³-hybridized carbons (Fsp3) is 0.833. The molecule has 9 heteroatoms. The van der Waals surface area contributed by atoms with Crippen LogP contribution in [0.5, 0.6) is 0 Å². The molecule has 0 saturated carbocycles. The van der Waals surface area contributed by atoms with Gasteiger partial charge in [-0.2, -0.15) is 13.2 Å². The first-order chi connectivity index (χ1) is 9.54. The maximum absolute atomic E-state index is 12.0. The summed E-state index contributed by atoms with van der Waals surface area (Å²) in [6, 6.07) is -1.60. The van der Waals surface area contributed by atoms with Crippen molar-refractivity contribution < 1.29 is 27.9 Å². The molecule has 0 aromatic carbocycles. The number of halogens is 3. The Labute approximate surface area is 125 Å². The van der Waals surface area contributed by atoms with Crippen molar-refractivity contribution >= 4 is 23.8 Å². The number of hydrogen-bond donors (Lipinski definition) is 2. The summed E-state index contributed by atoms with van der Waals surface area (Å²) in [7, 11) is 0. The van der Waals surface area contributed by atoms with Crippen molar-refractivity contribution in [2.24, 2.45) is 5.41 Å². The lowest BCUT2D eigenvalue weighted by Crippen LogP contribution is -2.58. The maximum atomic E-state index is 12.0. The maximum Gasteiger partial charge on any atom is 0.441 e. The number of nitrogens with zero attached hydrogens (tertiary/aromatic N) is 1. The lowest BCUT2D eigenvalue weighted by atomic mass is 9.76. The number of thioether (sulfide) groups is 1. The number of aliphatic carboxylic acids is 1. The van der Waals surface area contributed by atoms with Gasteiger partial charge in [0.15, 0.2) is 0 Å². The SMILES string of the molecule is CC1(C)CCCN(C(=O)NCCSC(F)(F)F)C1C(=O)O. The molecule has 0 aromatic heterocycles. The Morgan fingerprint density at radius 3 is 2.57 bits per heavy atom. The van der Waals surface area contributed by atoms with Crippen LogP contribution < -0.4 is 5.32 Å². The highest BCUT2D eigenvalue weighted by Gasteiger charge is 2.44. The number of carboxylic acid groups (broad SMARTS) is 1. The first-order valence-electron chi connectivity index (χ1n) is 6.52. The van der Waals surface area contributed by atoms with E-state index in [9.17, 15) is 27.9 Å². The van der Waals surface area contributed by atoms with Crippen LogP contribution >= 0.6 is 11.8 Å². The van der Waals surface area contributed by atoms with Crippen molar-refractivity contribution in [1.29, 1.82) is 0 Å². The van der Waals surface area contributed by atoms with E-state index in [2.05, 4.69) is 5.32 Å². The molecule has 1 rings (SSSR count). The Bertz CT molecular complexity index is 402. The van der Waals surface area contributed by atoms with Gasteiger partial charge in [-0.25, -0.2) is 9.59 Å². The van der Waals surface area contributed by atoms with E-state index in [-0.39, 0.29) is 24.1 Å². The minimum atomic E-state index is -4.33. The van der Waals surface area contributed by atoms with Crippen molar-refractivity contribution in [2.75, 3.05) is 18.8 Å². The quantitative estimate of drug-likeness (QED) is 0.778. The molecular weight excluding hydrogens is 309 g/mol. The van der Waals surface area contributed by atoms with Crippen LogP contribution in [0.3, 0.4) is 0 Å². The number of carbonyl (C=O) groups excluding carboxylic acids is 1. The molecule has 1 aliphatic heterocycles. The van der Waals surface area contributed by atoms with Gasteiger partial charge < -0.3 is 15.3 Å². The average molecular weight is 328 g/mol. The van der Waals surface area contributed by atoms with Gasteiger partial charge in [-0.3, -0.25) is 0 Å². The van der Waals surface area contributed by atoms with Crippen LogP contribution in [-0.4, -0.2) is 52.4 Å². The number of nitrogens with one attached hydrogen (secondary N) is 1. The smallest absolute Gasteiger partial charge is 0.441 e. The molecule has 2 amide bonds. The van der Waals surface area contributed by atoms with E-state index in [4.69, 9.17) is 0 Å². The number of rotatable bonds is 4. The second kappa shape index (κ2) is 6.76. The van der Waals surface area contributed by atoms with Crippen LogP contribution in [0.4, 0.5) is 18.0 Å². The number of carbonyl (C=O) groups is 2. The third-order valence-corrected chi connectivity index (χ3v) is 4.15.